The SMILES string of the molecule is C[C@H](c1ccc(-c2ccc(CN3CCN(C)CC3)cn2)cc1)N1CCCC1. The number of likely N-dealkylation sites (N-methyl/N-ethyl adjacent to an activating group) is 1. The number of benzene rings is 1. The molecular weight excluding hydrogens is 332 g/mol. The van der Waals surface area contributed by atoms with Crippen LogP contribution in [-0.4, -0.2) is 66.0 Å². The fraction of sp³-hybridized carbons (Fsp3) is 0.522. The molecule has 2 aliphatic heterocycles. The van der Waals surface area contributed by atoms with Crippen LogP contribution in [0, 0.1) is 0 Å². The normalized spacial score (nSPS) is 20.8. The highest BCUT2D eigenvalue weighted by molar-refractivity contribution is 5.59. The number of nitrogens with zero attached hydrogens (tertiary/aromatic N) is 4. The number of hydrogen-bond acceptors (Lipinski definition) is 4. The monoisotopic (exact) mass is 364 g/mol. The molecule has 4 rings (SSSR count). The summed E-state index contributed by atoms with van der Waals surface area (Å²) in [5.74, 6) is 0. The minimum atomic E-state index is 0.514. The molecule has 4 nitrogen and oxygen atoms in total. The quantitative estimate of drug-likeness (QED) is 0.808. The van der Waals surface area contributed by atoms with Crippen LogP contribution in [0.25, 0.3) is 11.3 Å². The third-order valence-electron chi connectivity index (χ3n) is 6.20. The van der Waals surface area contributed by atoms with E-state index in [0.29, 0.717) is 6.04 Å². The second-order valence-corrected chi connectivity index (χ2v) is 8.17. The number of likely N-dealkylation sites (tertiary alicyclic amines) is 1. The van der Waals surface area contributed by atoms with Crippen molar-refractivity contribution in [1.82, 2.24) is 19.7 Å². The molecule has 2 fully saturated rings. The van der Waals surface area contributed by atoms with Crippen molar-refractivity contribution >= 4 is 0 Å². The lowest BCUT2D eigenvalue weighted by Crippen LogP contribution is -2.43. The van der Waals surface area contributed by atoms with Gasteiger partial charge in [0.05, 0.1) is 5.69 Å². The van der Waals surface area contributed by atoms with Gasteiger partial charge in [0.2, 0.25) is 0 Å². The van der Waals surface area contributed by atoms with E-state index in [1.54, 1.807) is 0 Å². The molecular formula is C23H32N4. The fourth-order valence-corrected chi connectivity index (χ4v) is 4.23. The molecule has 1 aromatic heterocycles. The summed E-state index contributed by atoms with van der Waals surface area (Å²) in [6.07, 6.45) is 4.73. The van der Waals surface area contributed by atoms with Gasteiger partial charge < -0.3 is 4.90 Å². The van der Waals surface area contributed by atoms with Crippen LogP contribution in [0.2, 0.25) is 0 Å². The molecule has 0 aliphatic carbocycles. The molecule has 2 aromatic rings. The highest BCUT2D eigenvalue weighted by Gasteiger charge is 2.19. The molecule has 0 radical (unpaired) electrons. The van der Waals surface area contributed by atoms with Gasteiger partial charge in [-0.05, 0) is 57.1 Å². The van der Waals surface area contributed by atoms with Gasteiger partial charge in [-0.3, -0.25) is 14.8 Å². The summed E-state index contributed by atoms with van der Waals surface area (Å²) in [5, 5.41) is 0. The lowest BCUT2D eigenvalue weighted by atomic mass is 10.0. The van der Waals surface area contributed by atoms with Crippen molar-refractivity contribution in [3.8, 4) is 11.3 Å². The maximum absolute atomic E-state index is 4.73. The van der Waals surface area contributed by atoms with Crippen molar-refractivity contribution < 1.29 is 0 Å². The number of piperazine rings is 1. The van der Waals surface area contributed by atoms with Gasteiger partial charge in [-0.2, -0.15) is 0 Å². The summed E-state index contributed by atoms with van der Waals surface area (Å²) >= 11 is 0. The second kappa shape index (κ2) is 8.51. The van der Waals surface area contributed by atoms with Crippen molar-refractivity contribution in [3.05, 3.63) is 53.7 Å². The topological polar surface area (TPSA) is 22.6 Å². The third-order valence-corrected chi connectivity index (χ3v) is 6.20. The Morgan fingerprint density at radius 1 is 0.889 bits per heavy atom. The summed E-state index contributed by atoms with van der Waals surface area (Å²) in [6.45, 7) is 10.4. The second-order valence-electron chi connectivity index (χ2n) is 8.17. The summed E-state index contributed by atoms with van der Waals surface area (Å²) in [6, 6.07) is 13.9. The minimum absolute atomic E-state index is 0.514. The lowest BCUT2D eigenvalue weighted by molar-refractivity contribution is 0.148. The Bertz CT molecular complexity index is 711. The van der Waals surface area contributed by atoms with E-state index < -0.39 is 0 Å². The molecule has 1 aromatic carbocycles. The molecule has 0 unspecified atom stereocenters. The van der Waals surface area contributed by atoms with Crippen LogP contribution in [-0.2, 0) is 6.54 Å². The van der Waals surface area contributed by atoms with E-state index in [0.717, 1.165) is 38.4 Å². The van der Waals surface area contributed by atoms with Crippen LogP contribution in [0.5, 0.6) is 0 Å². The molecule has 0 spiro atoms. The van der Waals surface area contributed by atoms with Crippen LogP contribution in [0.4, 0.5) is 0 Å². The van der Waals surface area contributed by atoms with Gasteiger partial charge in [0, 0.05) is 50.5 Å². The number of hydrogen-bond donors (Lipinski definition) is 0. The Morgan fingerprint density at radius 2 is 1.59 bits per heavy atom. The van der Waals surface area contributed by atoms with Crippen molar-refractivity contribution in [2.45, 2.75) is 32.4 Å². The van der Waals surface area contributed by atoms with Gasteiger partial charge in [-0.1, -0.05) is 30.3 Å². The van der Waals surface area contributed by atoms with E-state index in [1.165, 1.54) is 42.6 Å². The summed E-state index contributed by atoms with van der Waals surface area (Å²) in [7, 11) is 2.20. The first-order valence-corrected chi connectivity index (χ1v) is 10.4. The van der Waals surface area contributed by atoms with Crippen LogP contribution in [0.15, 0.2) is 42.6 Å². The average Bonchev–Trinajstić information content (AvgIpc) is 3.25. The fourth-order valence-electron chi connectivity index (χ4n) is 4.23. The predicted molar refractivity (Wildman–Crippen MR) is 112 cm³/mol. The minimum Gasteiger partial charge on any atom is -0.304 e. The lowest BCUT2D eigenvalue weighted by Gasteiger charge is -2.32. The molecule has 0 N–H and O–H groups in total. The smallest absolute Gasteiger partial charge is 0.0702 e. The van der Waals surface area contributed by atoms with E-state index in [1.807, 2.05) is 0 Å². The zero-order valence-corrected chi connectivity index (χ0v) is 16.8. The van der Waals surface area contributed by atoms with Gasteiger partial charge in [0.1, 0.15) is 0 Å². The van der Waals surface area contributed by atoms with Crippen LogP contribution < -0.4 is 0 Å². The molecule has 0 amide bonds. The Hall–Kier alpha value is -1.75. The van der Waals surface area contributed by atoms with Crippen LogP contribution in [0.3, 0.4) is 0 Å². The predicted octanol–water partition coefficient (Wildman–Crippen LogP) is 3.65. The first-order chi connectivity index (χ1) is 13.2. The largest absolute Gasteiger partial charge is 0.304 e. The summed E-state index contributed by atoms with van der Waals surface area (Å²) in [5.41, 5.74) is 4.99. The van der Waals surface area contributed by atoms with Gasteiger partial charge in [-0.25, -0.2) is 0 Å². The molecule has 144 valence electrons. The Balaban J connectivity index is 1.38. The molecule has 1 atom stereocenters. The van der Waals surface area contributed by atoms with Crippen molar-refractivity contribution in [2.24, 2.45) is 0 Å². The number of pyridine rings is 1. The van der Waals surface area contributed by atoms with E-state index in [4.69, 9.17) is 4.98 Å². The molecule has 3 heterocycles. The van der Waals surface area contributed by atoms with Crippen molar-refractivity contribution in [2.75, 3.05) is 46.3 Å². The van der Waals surface area contributed by atoms with Gasteiger partial charge in [-0.15, -0.1) is 0 Å². The van der Waals surface area contributed by atoms with Gasteiger partial charge in [0.25, 0.3) is 0 Å². The first-order valence-electron chi connectivity index (χ1n) is 10.4. The molecule has 2 saturated heterocycles. The number of aromatic nitrogens is 1. The van der Waals surface area contributed by atoms with E-state index in [-0.39, 0.29) is 0 Å². The molecule has 2 aliphatic rings. The maximum atomic E-state index is 4.73. The zero-order valence-electron chi connectivity index (χ0n) is 16.8. The van der Waals surface area contributed by atoms with Crippen molar-refractivity contribution in [3.63, 3.8) is 0 Å². The summed E-state index contributed by atoms with van der Waals surface area (Å²) in [4.78, 5) is 12.2. The van der Waals surface area contributed by atoms with Crippen LogP contribution >= 0.6 is 0 Å². The maximum Gasteiger partial charge on any atom is 0.0702 e. The van der Waals surface area contributed by atoms with E-state index in [9.17, 15) is 0 Å². The Labute approximate surface area is 163 Å². The van der Waals surface area contributed by atoms with Gasteiger partial charge in [0.15, 0.2) is 0 Å². The number of rotatable bonds is 5. The highest BCUT2D eigenvalue weighted by Crippen LogP contribution is 2.26. The van der Waals surface area contributed by atoms with E-state index in [2.05, 4.69) is 71.3 Å². The molecule has 0 bridgehead atoms. The van der Waals surface area contributed by atoms with E-state index >= 15 is 0 Å². The standard InChI is InChI=1S/C23H32N4/c1-19(27-11-3-4-12-27)21-6-8-22(9-7-21)23-10-5-20(17-24-23)18-26-15-13-25(2)14-16-26/h5-10,17,19H,3-4,11-16,18H2,1-2H3/t19-/m1/s1. The first kappa shape index (κ1) is 18.6. The van der Waals surface area contributed by atoms with Gasteiger partial charge >= 0.3 is 0 Å². The van der Waals surface area contributed by atoms with Crippen LogP contribution in [0.1, 0.15) is 36.9 Å². The summed E-state index contributed by atoms with van der Waals surface area (Å²) < 4.78 is 0. The highest BCUT2D eigenvalue weighted by atomic mass is 15.2. The Morgan fingerprint density at radius 3 is 2.22 bits per heavy atom. The molecule has 27 heavy (non-hydrogen) atoms. The molecule has 0 saturated carbocycles. The zero-order chi connectivity index (χ0) is 18.6. The third kappa shape index (κ3) is 4.57. The molecule has 4 heteroatoms. The average molecular weight is 365 g/mol. The van der Waals surface area contributed by atoms with Crippen molar-refractivity contribution in [1.29, 1.82) is 0 Å². The Kier molecular flexibility index (Phi) is 5.86.